The van der Waals surface area contributed by atoms with Crippen LogP contribution in [0.2, 0.25) is 0 Å². The molecule has 0 heterocycles. The number of hydrogen-bond acceptors (Lipinski definition) is 2. The van der Waals surface area contributed by atoms with Gasteiger partial charge < -0.3 is 5.32 Å². The molecule has 0 bridgehead atoms. The topological polar surface area (TPSA) is 29.1 Å². The van der Waals surface area contributed by atoms with Gasteiger partial charge in [-0.15, -0.1) is 0 Å². The first-order chi connectivity index (χ1) is 4.45. The van der Waals surface area contributed by atoms with Crippen LogP contribution in [-0.2, 0) is 10.8 Å². The van der Waals surface area contributed by atoms with Crippen LogP contribution >= 0.6 is 0 Å². The van der Waals surface area contributed by atoms with Crippen LogP contribution in [0, 0.1) is 0 Å². The summed E-state index contributed by atoms with van der Waals surface area (Å²) in [5, 5.41) is 3.17. The lowest BCUT2D eigenvalue weighted by atomic mass is 10.1. The highest BCUT2D eigenvalue weighted by atomic mass is 32.2. The second-order valence-corrected chi connectivity index (χ2v) is 5.05. The van der Waals surface area contributed by atoms with E-state index >= 15 is 0 Å². The Hall–Kier alpha value is 0.110. The minimum atomic E-state index is -0.685. The molecule has 0 aliphatic rings. The third kappa shape index (κ3) is 6.23. The van der Waals surface area contributed by atoms with Crippen molar-refractivity contribution < 1.29 is 4.21 Å². The van der Waals surface area contributed by atoms with Crippen LogP contribution in [0.4, 0.5) is 0 Å². The molecule has 0 saturated carbocycles. The molecule has 0 aromatic rings. The van der Waals surface area contributed by atoms with Gasteiger partial charge in [-0.1, -0.05) is 6.92 Å². The van der Waals surface area contributed by atoms with Crippen LogP contribution in [0.15, 0.2) is 0 Å². The average Bonchev–Trinajstić information content (AvgIpc) is 1.81. The van der Waals surface area contributed by atoms with Gasteiger partial charge in [0.25, 0.3) is 0 Å². The Labute approximate surface area is 65.9 Å². The van der Waals surface area contributed by atoms with Crippen molar-refractivity contribution in [3.8, 4) is 0 Å². The molecule has 0 saturated heterocycles. The zero-order chi connectivity index (χ0) is 8.20. The van der Waals surface area contributed by atoms with Gasteiger partial charge in [-0.25, -0.2) is 0 Å². The van der Waals surface area contributed by atoms with E-state index in [9.17, 15) is 4.21 Å². The molecule has 0 aromatic carbocycles. The molecule has 62 valence electrons. The monoisotopic (exact) mass is 163 g/mol. The molecule has 0 rings (SSSR count). The molecule has 0 radical (unpaired) electrons. The molecule has 0 aromatic heterocycles. The zero-order valence-corrected chi connectivity index (χ0v) is 8.05. The second-order valence-electron chi connectivity index (χ2n) is 3.30. The Morgan fingerprint density at radius 2 is 1.90 bits per heavy atom. The lowest BCUT2D eigenvalue weighted by Crippen LogP contribution is -2.38. The van der Waals surface area contributed by atoms with E-state index in [2.05, 4.69) is 26.1 Å². The van der Waals surface area contributed by atoms with E-state index in [1.54, 1.807) is 0 Å². The van der Waals surface area contributed by atoms with Crippen LogP contribution in [0.5, 0.6) is 0 Å². The van der Waals surface area contributed by atoms with Gasteiger partial charge in [-0.05, 0) is 20.8 Å². The maximum absolute atomic E-state index is 10.9. The Balaban J connectivity index is 3.46. The molecule has 1 unspecified atom stereocenters. The van der Waals surface area contributed by atoms with Crippen LogP contribution in [0.25, 0.3) is 0 Å². The lowest BCUT2D eigenvalue weighted by molar-refractivity contribution is 0.458. The van der Waals surface area contributed by atoms with Crippen molar-refractivity contribution in [3.63, 3.8) is 0 Å². The Morgan fingerprint density at radius 3 is 2.20 bits per heavy atom. The van der Waals surface area contributed by atoms with E-state index in [-0.39, 0.29) is 5.54 Å². The van der Waals surface area contributed by atoms with Crippen molar-refractivity contribution in [2.24, 2.45) is 0 Å². The van der Waals surface area contributed by atoms with Crippen LogP contribution in [0.3, 0.4) is 0 Å². The van der Waals surface area contributed by atoms with Gasteiger partial charge in [0, 0.05) is 22.1 Å². The summed E-state index contributed by atoms with van der Waals surface area (Å²) in [5.41, 5.74) is 0.0881. The fourth-order valence-corrected chi connectivity index (χ4v) is 1.20. The molecule has 3 heteroatoms. The molecule has 0 aliphatic heterocycles. The summed E-state index contributed by atoms with van der Waals surface area (Å²) < 4.78 is 10.9. The molecule has 0 spiro atoms. The minimum absolute atomic E-state index is 0.0881. The largest absolute Gasteiger partial charge is 0.301 e. The zero-order valence-electron chi connectivity index (χ0n) is 7.23. The summed E-state index contributed by atoms with van der Waals surface area (Å²) in [4.78, 5) is 0. The predicted molar refractivity (Wildman–Crippen MR) is 46.4 cm³/mol. The maximum atomic E-state index is 10.9. The highest BCUT2D eigenvalue weighted by Gasteiger charge is 2.08. The van der Waals surface area contributed by atoms with Crippen molar-refractivity contribution >= 4 is 10.8 Å². The highest BCUT2D eigenvalue weighted by molar-refractivity contribution is 7.84. The SMILES string of the molecule is CCS(=O)CNC(C)(C)C. The van der Waals surface area contributed by atoms with Gasteiger partial charge in [0.05, 0.1) is 5.88 Å². The summed E-state index contributed by atoms with van der Waals surface area (Å²) in [6, 6.07) is 0. The van der Waals surface area contributed by atoms with Gasteiger partial charge in [-0.2, -0.15) is 0 Å². The molecule has 1 N–H and O–H groups in total. The van der Waals surface area contributed by atoms with Gasteiger partial charge in [0.2, 0.25) is 0 Å². The van der Waals surface area contributed by atoms with E-state index in [4.69, 9.17) is 0 Å². The molecular formula is C7H17NOS. The molecular weight excluding hydrogens is 146 g/mol. The van der Waals surface area contributed by atoms with Crippen molar-refractivity contribution in [2.45, 2.75) is 33.2 Å². The van der Waals surface area contributed by atoms with Gasteiger partial charge in [0.15, 0.2) is 0 Å². The first-order valence-electron chi connectivity index (χ1n) is 3.55. The summed E-state index contributed by atoms with van der Waals surface area (Å²) in [5.74, 6) is 1.35. The summed E-state index contributed by atoms with van der Waals surface area (Å²) in [6.45, 7) is 8.14. The van der Waals surface area contributed by atoms with Crippen molar-refractivity contribution in [2.75, 3.05) is 11.6 Å². The minimum Gasteiger partial charge on any atom is -0.301 e. The van der Waals surface area contributed by atoms with E-state index in [0.717, 1.165) is 5.75 Å². The van der Waals surface area contributed by atoms with Crippen molar-refractivity contribution in [1.82, 2.24) is 5.32 Å². The summed E-state index contributed by atoms with van der Waals surface area (Å²) >= 11 is 0. The molecule has 0 amide bonds. The van der Waals surface area contributed by atoms with E-state index in [0.29, 0.717) is 5.88 Å². The van der Waals surface area contributed by atoms with Crippen LogP contribution < -0.4 is 5.32 Å². The quantitative estimate of drug-likeness (QED) is 0.675. The van der Waals surface area contributed by atoms with Crippen molar-refractivity contribution in [1.29, 1.82) is 0 Å². The van der Waals surface area contributed by atoms with E-state index < -0.39 is 10.8 Å². The first kappa shape index (κ1) is 10.1. The van der Waals surface area contributed by atoms with Gasteiger partial charge in [-0.3, -0.25) is 4.21 Å². The average molecular weight is 163 g/mol. The maximum Gasteiger partial charge on any atom is 0.0726 e. The van der Waals surface area contributed by atoms with Gasteiger partial charge in [0.1, 0.15) is 0 Å². The first-order valence-corrected chi connectivity index (χ1v) is 5.04. The molecule has 10 heavy (non-hydrogen) atoms. The predicted octanol–water partition coefficient (Wildman–Crippen LogP) is 1.10. The Bertz CT molecular complexity index is 117. The van der Waals surface area contributed by atoms with Crippen LogP contribution in [-0.4, -0.2) is 21.4 Å². The highest BCUT2D eigenvalue weighted by Crippen LogP contribution is 1.97. The standard InChI is InChI=1S/C7H17NOS/c1-5-10(9)6-8-7(2,3)4/h8H,5-6H2,1-4H3. The van der Waals surface area contributed by atoms with Crippen molar-refractivity contribution in [3.05, 3.63) is 0 Å². The summed E-state index contributed by atoms with van der Waals surface area (Å²) in [7, 11) is -0.685. The molecule has 0 fully saturated rings. The number of hydrogen-bond donors (Lipinski definition) is 1. The summed E-state index contributed by atoms with van der Waals surface area (Å²) in [6.07, 6.45) is 0. The molecule has 1 atom stereocenters. The second kappa shape index (κ2) is 4.09. The normalized spacial score (nSPS) is 15.2. The Kier molecular flexibility index (Phi) is 4.13. The third-order valence-corrected chi connectivity index (χ3v) is 2.20. The fraction of sp³-hybridized carbons (Fsp3) is 1.00. The van der Waals surface area contributed by atoms with E-state index in [1.807, 2.05) is 6.92 Å². The van der Waals surface area contributed by atoms with Crippen LogP contribution in [0.1, 0.15) is 27.7 Å². The number of nitrogens with one attached hydrogen (secondary N) is 1. The fourth-order valence-electron chi connectivity index (χ4n) is 0.399. The third-order valence-electron chi connectivity index (χ3n) is 1.09. The number of rotatable bonds is 3. The smallest absolute Gasteiger partial charge is 0.0726 e. The lowest BCUT2D eigenvalue weighted by Gasteiger charge is -2.19. The Morgan fingerprint density at radius 1 is 1.40 bits per heavy atom. The van der Waals surface area contributed by atoms with E-state index in [1.165, 1.54) is 0 Å². The van der Waals surface area contributed by atoms with Gasteiger partial charge >= 0.3 is 0 Å². The molecule has 0 aliphatic carbocycles. The molecule has 2 nitrogen and oxygen atoms in total.